The van der Waals surface area contributed by atoms with Crippen LogP contribution in [-0.4, -0.2) is 39.0 Å². The standard InChI is InChI=1S/C13H27NO2/c1-12(2,3)16-9-7-13(10-14-4)6-5-8-15-11-13/h14H,5-11H2,1-4H3. The van der Waals surface area contributed by atoms with Gasteiger partial charge in [-0.1, -0.05) is 0 Å². The molecule has 1 N–H and O–H groups in total. The minimum Gasteiger partial charge on any atom is -0.381 e. The van der Waals surface area contributed by atoms with Crippen LogP contribution in [-0.2, 0) is 9.47 Å². The number of ether oxygens (including phenoxy) is 2. The third-order valence-corrected chi connectivity index (χ3v) is 3.12. The second kappa shape index (κ2) is 5.99. The number of nitrogens with one attached hydrogen (secondary N) is 1. The summed E-state index contributed by atoms with van der Waals surface area (Å²) >= 11 is 0. The Bertz CT molecular complexity index is 187. The fourth-order valence-electron chi connectivity index (χ4n) is 2.28. The molecule has 0 radical (unpaired) electrons. The van der Waals surface area contributed by atoms with E-state index in [1.807, 2.05) is 7.05 Å². The molecule has 0 bridgehead atoms. The van der Waals surface area contributed by atoms with Crippen LogP contribution >= 0.6 is 0 Å². The van der Waals surface area contributed by atoms with Gasteiger partial charge in [0, 0.05) is 25.2 Å². The molecule has 3 nitrogen and oxygen atoms in total. The molecular formula is C13H27NO2. The lowest BCUT2D eigenvalue weighted by molar-refractivity contribution is -0.0547. The molecule has 0 amide bonds. The van der Waals surface area contributed by atoms with Crippen LogP contribution in [0.15, 0.2) is 0 Å². The first-order valence-electron chi connectivity index (χ1n) is 6.34. The average Bonchev–Trinajstić information content (AvgIpc) is 2.17. The topological polar surface area (TPSA) is 30.5 Å². The monoisotopic (exact) mass is 229 g/mol. The highest BCUT2D eigenvalue weighted by atomic mass is 16.5. The first kappa shape index (κ1) is 13.9. The van der Waals surface area contributed by atoms with Crippen LogP contribution in [0.5, 0.6) is 0 Å². The average molecular weight is 229 g/mol. The lowest BCUT2D eigenvalue weighted by atomic mass is 9.79. The Morgan fingerprint density at radius 1 is 1.38 bits per heavy atom. The van der Waals surface area contributed by atoms with Gasteiger partial charge in [-0.15, -0.1) is 0 Å². The Kier molecular flexibility index (Phi) is 5.22. The summed E-state index contributed by atoms with van der Waals surface area (Å²) in [5, 5.41) is 3.29. The van der Waals surface area contributed by atoms with Crippen molar-refractivity contribution >= 4 is 0 Å². The predicted molar refractivity (Wildman–Crippen MR) is 66.7 cm³/mol. The SMILES string of the molecule is CNCC1(CCOC(C)(C)C)CCCOC1. The van der Waals surface area contributed by atoms with Gasteiger partial charge >= 0.3 is 0 Å². The summed E-state index contributed by atoms with van der Waals surface area (Å²) in [6, 6.07) is 0. The summed E-state index contributed by atoms with van der Waals surface area (Å²) in [7, 11) is 2.01. The van der Waals surface area contributed by atoms with E-state index >= 15 is 0 Å². The van der Waals surface area contributed by atoms with Crippen molar-refractivity contribution in [3.8, 4) is 0 Å². The molecule has 0 aromatic rings. The number of rotatable bonds is 5. The van der Waals surface area contributed by atoms with Crippen LogP contribution in [0.25, 0.3) is 0 Å². The fraction of sp³-hybridized carbons (Fsp3) is 1.00. The Hall–Kier alpha value is -0.120. The van der Waals surface area contributed by atoms with Crippen molar-refractivity contribution in [3.63, 3.8) is 0 Å². The summed E-state index contributed by atoms with van der Waals surface area (Å²) in [5.74, 6) is 0. The van der Waals surface area contributed by atoms with Gasteiger partial charge in [-0.25, -0.2) is 0 Å². The molecule has 1 unspecified atom stereocenters. The Morgan fingerprint density at radius 2 is 2.12 bits per heavy atom. The van der Waals surface area contributed by atoms with Gasteiger partial charge in [0.2, 0.25) is 0 Å². The summed E-state index contributed by atoms with van der Waals surface area (Å²) < 4.78 is 11.4. The summed E-state index contributed by atoms with van der Waals surface area (Å²) in [5.41, 5.74) is 0.259. The molecule has 1 aliphatic heterocycles. The van der Waals surface area contributed by atoms with Gasteiger partial charge in [0.25, 0.3) is 0 Å². The van der Waals surface area contributed by atoms with Crippen molar-refractivity contribution in [1.29, 1.82) is 0 Å². The molecule has 1 rings (SSSR count). The summed E-state index contributed by atoms with van der Waals surface area (Å²) in [6.07, 6.45) is 3.52. The summed E-state index contributed by atoms with van der Waals surface area (Å²) in [4.78, 5) is 0. The number of hydrogen-bond acceptors (Lipinski definition) is 3. The molecule has 0 aromatic heterocycles. The Labute approximate surface area is 99.9 Å². The van der Waals surface area contributed by atoms with Crippen LogP contribution in [0.2, 0.25) is 0 Å². The van der Waals surface area contributed by atoms with E-state index in [2.05, 4.69) is 26.1 Å². The second-order valence-corrected chi connectivity index (χ2v) is 5.90. The molecule has 0 aromatic carbocycles. The zero-order valence-corrected chi connectivity index (χ0v) is 11.3. The molecule has 3 heteroatoms. The molecule has 1 heterocycles. The smallest absolute Gasteiger partial charge is 0.0598 e. The number of hydrogen-bond donors (Lipinski definition) is 1. The molecule has 1 aliphatic rings. The van der Waals surface area contributed by atoms with Gasteiger partial charge < -0.3 is 14.8 Å². The molecule has 0 saturated carbocycles. The third-order valence-electron chi connectivity index (χ3n) is 3.12. The second-order valence-electron chi connectivity index (χ2n) is 5.90. The van der Waals surface area contributed by atoms with Crippen molar-refractivity contribution in [2.45, 2.75) is 45.6 Å². The summed E-state index contributed by atoms with van der Waals surface area (Å²) in [6.45, 7) is 9.97. The van der Waals surface area contributed by atoms with Crippen LogP contribution in [0, 0.1) is 5.41 Å². The molecule has 1 saturated heterocycles. The van der Waals surface area contributed by atoms with Crippen molar-refractivity contribution in [2.24, 2.45) is 5.41 Å². The van der Waals surface area contributed by atoms with E-state index in [1.165, 1.54) is 12.8 Å². The predicted octanol–water partition coefficient (Wildman–Crippen LogP) is 2.21. The highest BCUT2D eigenvalue weighted by molar-refractivity contribution is 4.83. The van der Waals surface area contributed by atoms with Crippen molar-refractivity contribution in [2.75, 3.05) is 33.4 Å². The first-order chi connectivity index (χ1) is 7.47. The van der Waals surface area contributed by atoms with Crippen LogP contribution in [0.3, 0.4) is 0 Å². The van der Waals surface area contributed by atoms with E-state index in [9.17, 15) is 0 Å². The van der Waals surface area contributed by atoms with Gasteiger partial charge in [-0.05, 0) is 47.1 Å². The van der Waals surface area contributed by atoms with Gasteiger partial charge in [0.1, 0.15) is 0 Å². The quantitative estimate of drug-likeness (QED) is 0.784. The normalized spacial score (nSPS) is 27.0. The van der Waals surface area contributed by atoms with E-state index in [-0.39, 0.29) is 11.0 Å². The molecule has 96 valence electrons. The van der Waals surface area contributed by atoms with Crippen LogP contribution in [0.4, 0.5) is 0 Å². The highest BCUT2D eigenvalue weighted by Gasteiger charge is 2.32. The van der Waals surface area contributed by atoms with E-state index in [1.54, 1.807) is 0 Å². The Morgan fingerprint density at radius 3 is 2.62 bits per heavy atom. The Balaban J connectivity index is 2.38. The molecule has 0 spiro atoms. The maximum atomic E-state index is 5.82. The third kappa shape index (κ3) is 4.81. The molecule has 16 heavy (non-hydrogen) atoms. The van der Waals surface area contributed by atoms with E-state index in [4.69, 9.17) is 9.47 Å². The van der Waals surface area contributed by atoms with Gasteiger partial charge in [0.15, 0.2) is 0 Å². The van der Waals surface area contributed by atoms with Crippen molar-refractivity contribution in [3.05, 3.63) is 0 Å². The van der Waals surface area contributed by atoms with Gasteiger partial charge in [-0.3, -0.25) is 0 Å². The lowest BCUT2D eigenvalue weighted by Crippen LogP contribution is -2.41. The zero-order valence-electron chi connectivity index (χ0n) is 11.3. The van der Waals surface area contributed by atoms with E-state index < -0.39 is 0 Å². The molecule has 1 fully saturated rings. The van der Waals surface area contributed by atoms with E-state index in [0.717, 1.165) is 32.8 Å². The van der Waals surface area contributed by atoms with Gasteiger partial charge in [0.05, 0.1) is 12.2 Å². The lowest BCUT2D eigenvalue weighted by Gasteiger charge is -2.37. The van der Waals surface area contributed by atoms with Gasteiger partial charge in [-0.2, -0.15) is 0 Å². The maximum Gasteiger partial charge on any atom is 0.0598 e. The minimum absolute atomic E-state index is 0.0314. The van der Waals surface area contributed by atoms with Crippen LogP contribution in [0.1, 0.15) is 40.0 Å². The van der Waals surface area contributed by atoms with Crippen molar-refractivity contribution < 1.29 is 9.47 Å². The largest absolute Gasteiger partial charge is 0.381 e. The fourth-order valence-corrected chi connectivity index (χ4v) is 2.28. The van der Waals surface area contributed by atoms with Crippen molar-refractivity contribution in [1.82, 2.24) is 5.32 Å². The maximum absolute atomic E-state index is 5.82. The minimum atomic E-state index is -0.0314. The highest BCUT2D eigenvalue weighted by Crippen LogP contribution is 2.32. The zero-order chi connectivity index (χ0) is 12.1. The van der Waals surface area contributed by atoms with Crippen LogP contribution < -0.4 is 5.32 Å². The van der Waals surface area contributed by atoms with E-state index in [0.29, 0.717) is 0 Å². The first-order valence-corrected chi connectivity index (χ1v) is 6.34. The molecule has 1 atom stereocenters. The molecule has 0 aliphatic carbocycles. The molecular weight excluding hydrogens is 202 g/mol.